The van der Waals surface area contributed by atoms with Crippen molar-refractivity contribution >= 4 is 12.6 Å². The molecule has 0 spiro atoms. The third-order valence-electron chi connectivity index (χ3n) is 6.54. The van der Waals surface area contributed by atoms with Crippen molar-refractivity contribution in [2.45, 2.75) is 12.1 Å². The first-order chi connectivity index (χ1) is 15.1. The van der Waals surface area contributed by atoms with E-state index in [0.29, 0.717) is 0 Å². The fraction of sp³-hybridized carbons (Fsp3) is 0.185. The van der Waals surface area contributed by atoms with Crippen molar-refractivity contribution in [1.82, 2.24) is 4.67 Å². The predicted molar refractivity (Wildman–Crippen MR) is 126 cm³/mol. The van der Waals surface area contributed by atoms with Crippen molar-refractivity contribution in [1.29, 1.82) is 0 Å². The van der Waals surface area contributed by atoms with Gasteiger partial charge in [0.25, 0.3) is 0 Å². The molecular weight excluding hydrogens is 401 g/mol. The fourth-order valence-corrected chi connectivity index (χ4v) is 8.21. The van der Waals surface area contributed by atoms with Gasteiger partial charge in [0.2, 0.25) is 7.29 Å². The molecule has 0 bridgehead atoms. The van der Waals surface area contributed by atoms with E-state index >= 15 is 0 Å². The maximum atomic E-state index is 14.7. The van der Waals surface area contributed by atoms with Crippen molar-refractivity contribution in [2.75, 3.05) is 7.05 Å². The van der Waals surface area contributed by atoms with E-state index in [1.54, 1.807) is 0 Å². The lowest BCUT2D eigenvalue weighted by molar-refractivity contribution is 0.149. The van der Waals surface area contributed by atoms with E-state index in [9.17, 15) is 9.67 Å². The SMILES string of the molecule is CN1[C@H](c2ccccc2)[C@H]2C=C[C@@H]([C@H](O)c3ccccc3)C=C2[P@]1(=O)c1ccccc1. The molecule has 1 fully saturated rings. The van der Waals surface area contributed by atoms with E-state index in [0.717, 1.165) is 21.7 Å². The zero-order valence-electron chi connectivity index (χ0n) is 17.5. The number of hydrogen-bond acceptors (Lipinski definition) is 2. The highest BCUT2D eigenvalue weighted by Crippen LogP contribution is 2.70. The summed E-state index contributed by atoms with van der Waals surface area (Å²) in [6.07, 6.45) is 5.63. The van der Waals surface area contributed by atoms with Gasteiger partial charge in [0.05, 0.1) is 12.1 Å². The average molecular weight is 427 g/mol. The number of nitrogens with zero attached hydrogens (tertiary/aromatic N) is 1. The number of aliphatic hydroxyl groups is 1. The number of hydrogen-bond donors (Lipinski definition) is 1. The summed E-state index contributed by atoms with van der Waals surface area (Å²) in [6.45, 7) is 0. The Kier molecular flexibility index (Phi) is 5.27. The van der Waals surface area contributed by atoms with Crippen LogP contribution < -0.4 is 5.30 Å². The molecule has 2 aliphatic rings. The highest BCUT2D eigenvalue weighted by molar-refractivity contribution is 7.73. The zero-order chi connectivity index (χ0) is 21.4. The molecular formula is C27H26NO2P. The van der Waals surface area contributed by atoms with E-state index in [1.807, 2.05) is 85.9 Å². The van der Waals surface area contributed by atoms with Crippen molar-refractivity contribution in [3.05, 3.63) is 126 Å². The third-order valence-corrected chi connectivity index (χ3v) is 9.82. The number of fused-ring (bicyclic) bond motifs is 1. The molecule has 3 aromatic rings. The van der Waals surface area contributed by atoms with Gasteiger partial charge >= 0.3 is 0 Å². The van der Waals surface area contributed by atoms with Gasteiger partial charge in [0.15, 0.2) is 0 Å². The minimum absolute atomic E-state index is 0.00967. The van der Waals surface area contributed by atoms with Gasteiger partial charge in [-0.3, -0.25) is 4.57 Å². The van der Waals surface area contributed by atoms with Gasteiger partial charge in [0, 0.05) is 22.5 Å². The molecule has 3 aromatic carbocycles. The highest BCUT2D eigenvalue weighted by Gasteiger charge is 2.52. The van der Waals surface area contributed by atoms with Crippen LogP contribution in [0.2, 0.25) is 0 Å². The molecule has 1 heterocycles. The Hall–Kier alpha value is -2.71. The Balaban J connectivity index is 1.63. The van der Waals surface area contributed by atoms with E-state index in [-0.39, 0.29) is 17.9 Å². The number of aliphatic hydroxyl groups excluding tert-OH is 1. The fourth-order valence-electron chi connectivity index (χ4n) is 4.97. The highest BCUT2D eigenvalue weighted by atomic mass is 31.2. The molecule has 1 N–H and O–H groups in total. The quantitative estimate of drug-likeness (QED) is 0.429. The van der Waals surface area contributed by atoms with Gasteiger partial charge in [-0.05, 0) is 30.3 Å². The van der Waals surface area contributed by atoms with Gasteiger partial charge < -0.3 is 5.11 Å². The Morgan fingerprint density at radius 2 is 1.42 bits per heavy atom. The van der Waals surface area contributed by atoms with Crippen molar-refractivity contribution in [3.63, 3.8) is 0 Å². The van der Waals surface area contributed by atoms with Crippen molar-refractivity contribution in [2.24, 2.45) is 11.8 Å². The van der Waals surface area contributed by atoms with Gasteiger partial charge in [0.1, 0.15) is 0 Å². The lowest BCUT2D eigenvalue weighted by atomic mass is 9.84. The van der Waals surface area contributed by atoms with Crippen LogP contribution >= 0.6 is 7.29 Å². The van der Waals surface area contributed by atoms with E-state index in [1.165, 1.54) is 0 Å². The van der Waals surface area contributed by atoms with Gasteiger partial charge in [-0.25, -0.2) is 4.67 Å². The molecule has 0 aromatic heterocycles. The molecule has 31 heavy (non-hydrogen) atoms. The molecule has 1 aliphatic heterocycles. The van der Waals surface area contributed by atoms with Gasteiger partial charge in [-0.15, -0.1) is 0 Å². The first kappa shape index (κ1) is 20.2. The first-order valence-corrected chi connectivity index (χ1v) is 12.3. The van der Waals surface area contributed by atoms with E-state index < -0.39 is 13.4 Å². The lowest BCUT2D eigenvalue weighted by Gasteiger charge is -2.27. The Bertz CT molecular complexity index is 1160. The molecule has 0 unspecified atom stereocenters. The second-order valence-corrected chi connectivity index (χ2v) is 11.1. The third kappa shape index (κ3) is 3.34. The van der Waals surface area contributed by atoms with Crippen LogP contribution in [0.3, 0.4) is 0 Å². The monoisotopic (exact) mass is 427 g/mol. The van der Waals surface area contributed by atoms with E-state index in [2.05, 4.69) is 35.0 Å². The summed E-state index contributed by atoms with van der Waals surface area (Å²) < 4.78 is 16.8. The Morgan fingerprint density at radius 1 is 0.839 bits per heavy atom. The molecule has 3 nitrogen and oxygen atoms in total. The summed E-state index contributed by atoms with van der Waals surface area (Å²) in [7, 11) is -1.03. The van der Waals surface area contributed by atoms with Gasteiger partial charge in [-0.2, -0.15) is 0 Å². The molecule has 1 saturated heterocycles. The summed E-state index contributed by atoms with van der Waals surface area (Å²) in [4.78, 5) is 0. The minimum atomic E-state index is -3.00. The summed E-state index contributed by atoms with van der Waals surface area (Å²) >= 11 is 0. The molecule has 1 aliphatic carbocycles. The van der Waals surface area contributed by atoms with Crippen LogP contribution in [0.5, 0.6) is 0 Å². The zero-order valence-corrected chi connectivity index (χ0v) is 18.3. The second-order valence-electron chi connectivity index (χ2n) is 8.28. The van der Waals surface area contributed by atoms with Crippen LogP contribution in [0.15, 0.2) is 115 Å². The maximum Gasteiger partial charge on any atom is 0.203 e. The maximum absolute atomic E-state index is 14.7. The molecule has 0 saturated carbocycles. The summed E-state index contributed by atoms with van der Waals surface area (Å²) in [5.41, 5.74) is 2.02. The molecule has 5 rings (SSSR count). The summed E-state index contributed by atoms with van der Waals surface area (Å²) in [6, 6.07) is 29.8. The lowest BCUT2D eigenvalue weighted by Crippen LogP contribution is -2.22. The van der Waals surface area contributed by atoms with E-state index in [4.69, 9.17) is 0 Å². The molecule has 5 atom stereocenters. The number of benzene rings is 3. The topological polar surface area (TPSA) is 40.5 Å². The van der Waals surface area contributed by atoms with Crippen LogP contribution in [0.25, 0.3) is 0 Å². The van der Waals surface area contributed by atoms with Crippen molar-refractivity contribution in [3.8, 4) is 0 Å². The van der Waals surface area contributed by atoms with Crippen LogP contribution in [0, 0.1) is 11.8 Å². The normalized spacial score (nSPS) is 28.7. The molecule has 156 valence electrons. The minimum Gasteiger partial charge on any atom is -0.387 e. The molecule has 0 radical (unpaired) electrons. The van der Waals surface area contributed by atoms with Crippen LogP contribution in [-0.4, -0.2) is 16.8 Å². The predicted octanol–water partition coefficient (Wildman–Crippen LogP) is 5.70. The smallest absolute Gasteiger partial charge is 0.203 e. The first-order valence-electron chi connectivity index (χ1n) is 10.7. The largest absolute Gasteiger partial charge is 0.387 e. The Labute approximate surface area is 183 Å². The van der Waals surface area contributed by atoms with Crippen LogP contribution in [0.4, 0.5) is 0 Å². The van der Waals surface area contributed by atoms with Gasteiger partial charge in [-0.1, -0.05) is 97.1 Å². The summed E-state index contributed by atoms with van der Waals surface area (Å²) in [5, 5.41) is 12.8. The average Bonchev–Trinajstić information content (AvgIpc) is 3.07. The molecule has 0 amide bonds. The second kappa shape index (κ2) is 8.09. The standard InChI is InChI=1S/C27H26NO2P/c1-28-26(20-11-5-2-6-12-20)24-18-17-22(27(29)21-13-7-3-8-14-21)19-25(24)31(28,30)23-15-9-4-10-16-23/h2-19,22,24,26-27,29H,1H3/t22-,24+,26-,27-,31-/m1/s1. The van der Waals surface area contributed by atoms with Crippen LogP contribution in [0.1, 0.15) is 23.3 Å². The number of rotatable bonds is 4. The van der Waals surface area contributed by atoms with Crippen molar-refractivity contribution < 1.29 is 9.67 Å². The van der Waals surface area contributed by atoms with Crippen LogP contribution in [-0.2, 0) is 4.57 Å². The Morgan fingerprint density at radius 3 is 2.06 bits per heavy atom. The molecule has 4 heteroatoms. The summed E-state index contributed by atoms with van der Waals surface area (Å²) in [5.74, 6) is -0.203.